The van der Waals surface area contributed by atoms with E-state index in [2.05, 4.69) is 5.32 Å². The van der Waals surface area contributed by atoms with E-state index in [0.717, 1.165) is 31.5 Å². The molecule has 0 spiro atoms. The number of amides is 2. The van der Waals surface area contributed by atoms with Crippen molar-refractivity contribution in [2.75, 3.05) is 19.6 Å². The summed E-state index contributed by atoms with van der Waals surface area (Å²) in [5.74, 6) is -0.434. The third kappa shape index (κ3) is 5.36. The molecule has 116 valence electrons. The smallest absolute Gasteiger partial charge is 0.237 e. The normalized spacial score (nSPS) is 15.0. The van der Waals surface area contributed by atoms with Crippen molar-refractivity contribution in [1.29, 1.82) is 0 Å². The molecule has 1 saturated heterocycles. The SMILES string of the molecule is Cl.NC(=O)CN(Cc1ccccc1)C(=O)C1CCNCC1. The Morgan fingerprint density at radius 3 is 2.38 bits per heavy atom. The first kappa shape index (κ1) is 17.5. The van der Waals surface area contributed by atoms with Crippen LogP contribution < -0.4 is 11.1 Å². The summed E-state index contributed by atoms with van der Waals surface area (Å²) < 4.78 is 0. The molecule has 2 rings (SSSR count). The molecule has 6 heteroatoms. The van der Waals surface area contributed by atoms with Crippen molar-refractivity contribution in [2.45, 2.75) is 19.4 Å². The summed E-state index contributed by atoms with van der Waals surface area (Å²) in [6.45, 7) is 2.13. The van der Waals surface area contributed by atoms with Crippen LogP contribution in [0.5, 0.6) is 0 Å². The van der Waals surface area contributed by atoms with Gasteiger partial charge in [0.05, 0.1) is 6.54 Å². The van der Waals surface area contributed by atoms with Crippen LogP contribution >= 0.6 is 12.4 Å². The van der Waals surface area contributed by atoms with Crippen LogP contribution in [0.1, 0.15) is 18.4 Å². The Morgan fingerprint density at radius 2 is 1.81 bits per heavy atom. The van der Waals surface area contributed by atoms with E-state index in [0.29, 0.717) is 6.54 Å². The highest BCUT2D eigenvalue weighted by Gasteiger charge is 2.26. The number of carbonyl (C=O) groups excluding carboxylic acids is 2. The molecule has 21 heavy (non-hydrogen) atoms. The summed E-state index contributed by atoms with van der Waals surface area (Å²) in [5, 5.41) is 3.24. The van der Waals surface area contributed by atoms with Crippen molar-refractivity contribution in [2.24, 2.45) is 11.7 Å². The van der Waals surface area contributed by atoms with Gasteiger partial charge in [0.25, 0.3) is 0 Å². The highest BCUT2D eigenvalue weighted by atomic mass is 35.5. The number of primary amides is 1. The maximum atomic E-state index is 12.5. The Kier molecular flexibility index (Phi) is 7.19. The van der Waals surface area contributed by atoms with E-state index in [-0.39, 0.29) is 30.8 Å². The fourth-order valence-corrected chi connectivity index (χ4v) is 2.53. The number of rotatable bonds is 5. The summed E-state index contributed by atoms with van der Waals surface area (Å²) in [7, 11) is 0. The zero-order valence-corrected chi connectivity index (χ0v) is 12.8. The van der Waals surface area contributed by atoms with Crippen molar-refractivity contribution in [1.82, 2.24) is 10.2 Å². The second-order valence-corrected chi connectivity index (χ2v) is 5.17. The lowest BCUT2D eigenvalue weighted by Gasteiger charge is -2.29. The fourth-order valence-electron chi connectivity index (χ4n) is 2.53. The molecule has 5 nitrogen and oxygen atoms in total. The molecule has 0 radical (unpaired) electrons. The van der Waals surface area contributed by atoms with Crippen molar-refractivity contribution in [3.05, 3.63) is 35.9 Å². The van der Waals surface area contributed by atoms with Crippen molar-refractivity contribution in [3.63, 3.8) is 0 Å². The number of nitrogens with zero attached hydrogens (tertiary/aromatic N) is 1. The predicted octanol–water partition coefficient (Wildman–Crippen LogP) is 0.922. The van der Waals surface area contributed by atoms with Gasteiger partial charge in [0, 0.05) is 12.5 Å². The zero-order valence-electron chi connectivity index (χ0n) is 12.0. The molecular weight excluding hydrogens is 290 g/mol. The second-order valence-electron chi connectivity index (χ2n) is 5.17. The third-order valence-electron chi connectivity index (χ3n) is 3.56. The van der Waals surface area contributed by atoms with E-state index in [4.69, 9.17) is 5.73 Å². The molecule has 1 aliphatic heterocycles. The standard InChI is InChI=1S/C15H21N3O2.ClH/c16-14(19)11-18(10-12-4-2-1-3-5-12)15(20)13-6-8-17-9-7-13;/h1-5,13,17H,6-11H2,(H2,16,19);1H. The molecule has 0 saturated carbocycles. The van der Waals surface area contributed by atoms with Gasteiger partial charge in [0.1, 0.15) is 0 Å². The monoisotopic (exact) mass is 311 g/mol. The van der Waals surface area contributed by atoms with Crippen LogP contribution in [-0.4, -0.2) is 36.3 Å². The minimum absolute atomic E-state index is 0. The average Bonchev–Trinajstić information content (AvgIpc) is 2.47. The molecule has 1 aromatic rings. The quantitative estimate of drug-likeness (QED) is 0.849. The summed E-state index contributed by atoms with van der Waals surface area (Å²) >= 11 is 0. The van der Waals surface area contributed by atoms with E-state index < -0.39 is 5.91 Å². The molecule has 3 N–H and O–H groups in total. The molecule has 2 amide bonds. The Morgan fingerprint density at radius 1 is 1.19 bits per heavy atom. The molecule has 1 heterocycles. The van der Waals surface area contributed by atoms with Crippen LogP contribution in [0.4, 0.5) is 0 Å². The number of piperidine rings is 1. The van der Waals surface area contributed by atoms with Crippen LogP contribution in [0, 0.1) is 5.92 Å². The number of benzene rings is 1. The summed E-state index contributed by atoms with van der Waals surface area (Å²) in [4.78, 5) is 25.3. The van der Waals surface area contributed by atoms with Crippen molar-refractivity contribution < 1.29 is 9.59 Å². The van der Waals surface area contributed by atoms with Crippen LogP contribution in [0.25, 0.3) is 0 Å². The largest absolute Gasteiger partial charge is 0.368 e. The van der Waals surface area contributed by atoms with Crippen LogP contribution in [0.15, 0.2) is 30.3 Å². The van der Waals surface area contributed by atoms with Gasteiger partial charge in [-0.15, -0.1) is 12.4 Å². The van der Waals surface area contributed by atoms with Crippen LogP contribution in [-0.2, 0) is 16.1 Å². The Hall–Kier alpha value is -1.59. The van der Waals surface area contributed by atoms with E-state index in [1.54, 1.807) is 4.90 Å². The number of nitrogens with one attached hydrogen (secondary N) is 1. The molecule has 1 aliphatic rings. The second kappa shape index (κ2) is 8.64. The maximum absolute atomic E-state index is 12.5. The van der Waals surface area contributed by atoms with E-state index in [1.807, 2.05) is 30.3 Å². The van der Waals surface area contributed by atoms with E-state index in [1.165, 1.54) is 0 Å². The van der Waals surface area contributed by atoms with Crippen molar-refractivity contribution in [3.8, 4) is 0 Å². The van der Waals surface area contributed by atoms with E-state index in [9.17, 15) is 9.59 Å². The number of hydrogen-bond acceptors (Lipinski definition) is 3. The third-order valence-corrected chi connectivity index (χ3v) is 3.56. The first-order valence-corrected chi connectivity index (χ1v) is 6.98. The number of nitrogens with two attached hydrogens (primary N) is 1. The average molecular weight is 312 g/mol. The minimum atomic E-state index is -0.469. The van der Waals surface area contributed by atoms with Gasteiger partial charge >= 0.3 is 0 Å². The van der Waals surface area contributed by atoms with Gasteiger partial charge in [-0.3, -0.25) is 9.59 Å². The molecular formula is C15H22ClN3O2. The first-order chi connectivity index (χ1) is 9.66. The first-order valence-electron chi connectivity index (χ1n) is 6.98. The molecule has 0 unspecified atom stereocenters. The minimum Gasteiger partial charge on any atom is -0.368 e. The highest BCUT2D eigenvalue weighted by molar-refractivity contribution is 5.85. The van der Waals surface area contributed by atoms with E-state index >= 15 is 0 Å². The van der Waals surface area contributed by atoms with Crippen LogP contribution in [0.2, 0.25) is 0 Å². The Balaban J connectivity index is 0.00000220. The predicted molar refractivity (Wildman–Crippen MR) is 83.9 cm³/mol. The molecule has 0 aromatic heterocycles. The van der Waals surface area contributed by atoms with Crippen LogP contribution in [0.3, 0.4) is 0 Å². The Labute approximate surface area is 131 Å². The van der Waals surface area contributed by atoms with Gasteiger partial charge < -0.3 is 16.0 Å². The highest BCUT2D eigenvalue weighted by Crippen LogP contribution is 2.17. The van der Waals surface area contributed by atoms with Gasteiger partial charge in [-0.2, -0.15) is 0 Å². The number of carbonyl (C=O) groups is 2. The molecule has 0 aliphatic carbocycles. The maximum Gasteiger partial charge on any atom is 0.237 e. The van der Waals surface area contributed by atoms with Gasteiger partial charge in [-0.25, -0.2) is 0 Å². The zero-order chi connectivity index (χ0) is 14.4. The lowest BCUT2D eigenvalue weighted by Crippen LogP contribution is -2.44. The number of halogens is 1. The molecule has 1 aromatic carbocycles. The Bertz CT molecular complexity index is 461. The fraction of sp³-hybridized carbons (Fsp3) is 0.467. The molecule has 0 bridgehead atoms. The topological polar surface area (TPSA) is 75.4 Å². The number of hydrogen-bond donors (Lipinski definition) is 2. The van der Waals surface area contributed by atoms with Gasteiger partial charge in [0.2, 0.25) is 11.8 Å². The summed E-state index contributed by atoms with van der Waals surface area (Å²) in [5.41, 5.74) is 6.28. The molecule has 0 atom stereocenters. The summed E-state index contributed by atoms with van der Waals surface area (Å²) in [6.07, 6.45) is 1.64. The van der Waals surface area contributed by atoms with Gasteiger partial charge in [-0.05, 0) is 31.5 Å². The van der Waals surface area contributed by atoms with Crippen molar-refractivity contribution >= 4 is 24.2 Å². The molecule has 1 fully saturated rings. The summed E-state index contributed by atoms with van der Waals surface area (Å²) in [6, 6.07) is 9.67. The van der Waals surface area contributed by atoms with Gasteiger partial charge in [-0.1, -0.05) is 30.3 Å². The lowest BCUT2D eigenvalue weighted by atomic mass is 9.96. The van der Waals surface area contributed by atoms with Gasteiger partial charge in [0.15, 0.2) is 0 Å². The lowest BCUT2D eigenvalue weighted by molar-refractivity contribution is -0.140.